The van der Waals surface area contributed by atoms with Crippen LogP contribution in [-0.2, 0) is 0 Å². The van der Waals surface area contributed by atoms with Crippen molar-refractivity contribution in [3.8, 4) is 11.5 Å². The van der Waals surface area contributed by atoms with E-state index in [0.717, 1.165) is 17.8 Å². The molecule has 2 heterocycles. The van der Waals surface area contributed by atoms with E-state index in [1.165, 1.54) is 0 Å². The molecule has 0 aliphatic heterocycles. The summed E-state index contributed by atoms with van der Waals surface area (Å²) >= 11 is 0. The summed E-state index contributed by atoms with van der Waals surface area (Å²) in [5.41, 5.74) is 3.08. The van der Waals surface area contributed by atoms with Crippen LogP contribution >= 0.6 is 0 Å². The van der Waals surface area contributed by atoms with Crippen LogP contribution in [0.3, 0.4) is 0 Å². The molecule has 0 fully saturated rings. The number of rotatable bonds is 4. The average molecular weight is 280 g/mol. The predicted octanol–water partition coefficient (Wildman–Crippen LogP) is 3.15. The number of oxazole rings is 1. The number of hydrogen-bond acceptors (Lipinski definition) is 5. The maximum absolute atomic E-state index is 5.72. The topological polar surface area (TPSA) is 54.5 Å². The van der Waals surface area contributed by atoms with Crippen molar-refractivity contribution in [2.45, 2.75) is 0 Å². The Balaban J connectivity index is 1.90. The van der Waals surface area contributed by atoms with Crippen molar-refractivity contribution in [1.29, 1.82) is 0 Å². The van der Waals surface area contributed by atoms with E-state index in [-0.39, 0.29) is 0 Å². The van der Waals surface area contributed by atoms with Gasteiger partial charge in [-0.05, 0) is 44.4 Å². The van der Waals surface area contributed by atoms with Crippen LogP contribution in [0.25, 0.3) is 22.7 Å². The van der Waals surface area contributed by atoms with E-state index < -0.39 is 0 Å². The molecule has 1 aromatic carbocycles. The van der Waals surface area contributed by atoms with Crippen LogP contribution in [0.15, 0.2) is 52.0 Å². The largest absolute Gasteiger partial charge is 0.434 e. The highest BCUT2D eigenvalue weighted by Gasteiger charge is 2.08. The summed E-state index contributed by atoms with van der Waals surface area (Å²) in [5.74, 6) is 0.563. The number of aromatic nitrogens is 2. The van der Waals surface area contributed by atoms with Crippen LogP contribution in [0.1, 0.15) is 0 Å². The van der Waals surface area contributed by atoms with E-state index >= 15 is 0 Å². The molecule has 21 heavy (non-hydrogen) atoms. The predicted molar refractivity (Wildman–Crippen MR) is 83.9 cm³/mol. The van der Waals surface area contributed by atoms with E-state index in [2.05, 4.69) is 19.9 Å². The van der Waals surface area contributed by atoms with Crippen molar-refractivity contribution in [3.63, 3.8) is 0 Å². The first-order chi connectivity index (χ1) is 10.2. The monoisotopic (exact) mass is 280 g/mol. The Morgan fingerprint density at radius 3 is 2.95 bits per heavy atom. The summed E-state index contributed by atoms with van der Waals surface area (Å²) in [5, 5.41) is 0. The zero-order valence-electron chi connectivity index (χ0n) is 12.0. The quantitative estimate of drug-likeness (QED) is 0.689. The lowest BCUT2D eigenvalue weighted by atomic mass is 10.2. The van der Waals surface area contributed by atoms with Gasteiger partial charge in [0.25, 0.3) is 0 Å². The third-order valence-electron chi connectivity index (χ3n) is 2.95. The van der Waals surface area contributed by atoms with Gasteiger partial charge in [-0.3, -0.25) is 4.99 Å². The van der Waals surface area contributed by atoms with Gasteiger partial charge in [0.2, 0.25) is 5.89 Å². The normalized spacial score (nSPS) is 11.8. The van der Waals surface area contributed by atoms with Gasteiger partial charge in [0.1, 0.15) is 0 Å². The van der Waals surface area contributed by atoms with E-state index in [0.29, 0.717) is 17.1 Å². The second-order valence-corrected chi connectivity index (χ2v) is 4.97. The molecule has 5 heteroatoms. The van der Waals surface area contributed by atoms with E-state index in [9.17, 15) is 0 Å². The van der Waals surface area contributed by atoms with Gasteiger partial charge in [0.05, 0.1) is 5.69 Å². The molecule has 0 saturated heterocycles. The van der Waals surface area contributed by atoms with Gasteiger partial charge in [-0.15, -0.1) is 0 Å². The molecule has 0 unspecified atom stereocenters. The molecule has 0 bridgehead atoms. The Morgan fingerprint density at radius 2 is 2.14 bits per heavy atom. The summed E-state index contributed by atoms with van der Waals surface area (Å²) in [6, 6.07) is 11.5. The molecule has 0 spiro atoms. The highest BCUT2D eigenvalue weighted by Crippen LogP contribution is 2.26. The van der Waals surface area contributed by atoms with E-state index in [1.54, 1.807) is 6.20 Å². The minimum Gasteiger partial charge on any atom is -0.434 e. The fourth-order valence-electron chi connectivity index (χ4n) is 1.92. The molecular weight excluding hydrogens is 264 g/mol. The molecule has 2 aromatic heterocycles. The van der Waals surface area contributed by atoms with Crippen LogP contribution in [0.4, 0.5) is 5.69 Å². The molecule has 5 nitrogen and oxygen atoms in total. The van der Waals surface area contributed by atoms with Gasteiger partial charge < -0.3 is 9.32 Å². The van der Waals surface area contributed by atoms with Crippen molar-refractivity contribution < 1.29 is 4.42 Å². The summed E-state index contributed by atoms with van der Waals surface area (Å²) in [4.78, 5) is 15.1. The molecule has 106 valence electrons. The van der Waals surface area contributed by atoms with Crippen molar-refractivity contribution in [2.24, 2.45) is 4.99 Å². The first kappa shape index (κ1) is 13.5. The summed E-state index contributed by atoms with van der Waals surface area (Å²) in [6.07, 6.45) is 3.59. The smallest absolute Gasteiger partial charge is 0.228 e. The summed E-state index contributed by atoms with van der Waals surface area (Å²) in [6.45, 7) is 0.803. The third-order valence-corrected chi connectivity index (χ3v) is 2.95. The van der Waals surface area contributed by atoms with Crippen LogP contribution in [0.5, 0.6) is 0 Å². The van der Waals surface area contributed by atoms with Gasteiger partial charge in [0, 0.05) is 24.5 Å². The fourth-order valence-corrected chi connectivity index (χ4v) is 1.92. The summed E-state index contributed by atoms with van der Waals surface area (Å²) in [7, 11) is 4.02. The maximum atomic E-state index is 5.72. The Labute approximate surface area is 123 Å². The highest BCUT2D eigenvalue weighted by molar-refractivity contribution is 5.73. The Hall–Kier alpha value is -2.53. The molecule has 0 amide bonds. The number of hydrogen-bond donors (Lipinski definition) is 0. The minimum absolute atomic E-state index is 0.563. The first-order valence-corrected chi connectivity index (χ1v) is 6.71. The second-order valence-electron chi connectivity index (χ2n) is 4.97. The van der Waals surface area contributed by atoms with Crippen molar-refractivity contribution in [3.05, 3.63) is 42.6 Å². The molecule has 0 radical (unpaired) electrons. The Morgan fingerprint density at radius 1 is 1.24 bits per heavy atom. The molecule has 3 rings (SSSR count). The molecule has 0 aliphatic rings. The molecule has 0 saturated carbocycles. The number of benzene rings is 1. The van der Waals surface area contributed by atoms with Crippen LogP contribution in [0, 0.1) is 0 Å². The van der Waals surface area contributed by atoms with Crippen LogP contribution < -0.4 is 0 Å². The molecule has 0 aliphatic carbocycles. The first-order valence-electron chi connectivity index (χ1n) is 6.71. The Bertz CT molecular complexity index is 744. The van der Waals surface area contributed by atoms with Crippen LogP contribution in [-0.4, -0.2) is 41.7 Å². The van der Waals surface area contributed by atoms with Crippen molar-refractivity contribution in [1.82, 2.24) is 14.9 Å². The second kappa shape index (κ2) is 5.85. The van der Waals surface area contributed by atoms with Gasteiger partial charge in [-0.25, -0.2) is 4.98 Å². The Kier molecular flexibility index (Phi) is 3.75. The summed E-state index contributed by atoms with van der Waals surface area (Å²) < 4.78 is 5.72. The van der Waals surface area contributed by atoms with Gasteiger partial charge in [-0.1, -0.05) is 6.07 Å². The molecule has 0 atom stereocenters. The van der Waals surface area contributed by atoms with Crippen molar-refractivity contribution >= 4 is 23.1 Å². The third kappa shape index (κ3) is 3.14. The standard InChI is InChI=1S/C16H16N4O/c1-20(2)10-9-17-13-6-3-5-12(11-13)16-19-15-14(21-16)7-4-8-18-15/h3-9,11H,10H2,1-2H3. The molecular formula is C16H16N4O. The zero-order chi connectivity index (χ0) is 14.7. The van der Waals surface area contributed by atoms with Gasteiger partial charge in [-0.2, -0.15) is 4.98 Å². The van der Waals surface area contributed by atoms with Gasteiger partial charge >= 0.3 is 0 Å². The SMILES string of the molecule is CN(C)CC=Nc1cccc(-c2nc3ncccc3o2)c1. The lowest BCUT2D eigenvalue weighted by molar-refractivity contribution is 0.473. The van der Waals surface area contributed by atoms with Crippen LogP contribution in [0.2, 0.25) is 0 Å². The van der Waals surface area contributed by atoms with Gasteiger partial charge in [0.15, 0.2) is 11.2 Å². The average Bonchev–Trinajstić information content (AvgIpc) is 2.91. The number of pyridine rings is 1. The number of fused-ring (bicyclic) bond motifs is 1. The van der Waals surface area contributed by atoms with E-state index in [1.807, 2.05) is 56.7 Å². The maximum Gasteiger partial charge on any atom is 0.228 e. The molecule has 3 aromatic rings. The fraction of sp³-hybridized carbons (Fsp3) is 0.188. The minimum atomic E-state index is 0.563. The number of nitrogens with zero attached hydrogens (tertiary/aromatic N) is 4. The lowest BCUT2D eigenvalue weighted by Gasteiger charge is -2.03. The van der Waals surface area contributed by atoms with Crippen molar-refractivity contribution in [2.75, 3.05) is 20.6 Å². The highest BCUT2D eigenvalue weighted by atomic mass is 16.3. The lowest BCUT2D eigenvalue weighted by Crippen LogP contribution is -2.13. The number of aliphatic imine (C=N–C) groups is 1. The van der Waals surface area contributed by atoms with E-state index in [4.69, 9.17) is 4.42 Å². The molecule has 0 N–H and O–H groups in total. The zero-order valence-corrected chi connectivity index (χ0v) is 12.0.